The highest BCUT2D eigenvalue weighted by Gasteiger charge is 2.24. The fourth-order valence-electron chi connectivity index (χ4n) is 2.29. The Morgan fingerprint density at radius 1 is 1.33 bits per heavy atom. The van der Waals surface area contributed by atoms with E-state index < -0.39 is 5.82 Å². The molecule has 4 N–H and O–H groups in total. The maximum Gasteiger partial charge on any atom is 0.169 e. The first-order valence-corrected chi connectivity index (χ1v) is 6.23. The van der Waals surface area contributed by atoms with E-state index in [1.54, 1.807) is 7.11 Å². The molecule has 0 unspecified atom stereocenters. The molecule has 1 aromatic rings. The third-order valence-electron chi connectivity index (χ3n) is 3.33. The second kappa shape index (κ2) is 5.20. The molecule has 6 heteroatoms. The van der Waals surface area contributed by atoms with Crippen molar-refractivity contribution in [3.63, 3.8) is 0 Å². The van der Waals surface area contributed by atoms with Crippen molar-refractivity contribution in [1.29, 1.82) is 0 Å². The van der Waals surface area contributed by atoms with Crippen LogP contribution in [0, 0.1) is 5.82 Å². The van der Waals surface area contributed by atoms with E-state index in [-0.39, 0.29) is 16.8 Å². The van der Waals surface area contributed by atoms with Crippen LogP contribution in [0.5, 0.6) is 0 Å². The fourth-order valence-corrected chi connectivity index (χ4v) is 2.44. The molecule has 100 valence electrons. The smallest absolute Gasteiger partial charge is 0.169 e. The fraction of sp³-hybridized carbons (Fsp3) is 0.500. The first-order chi connectivity index (χ1) is 8.54. The summed E-state index contributed by atoms with van der Waals surface area (Å²) in [5, 5.41) is -0.0620. The molecule has 1 saturated heterocycles. The van der Waals surface area contributed by atoms with Gasteiger partial charge in [0.15, 0.2) is 5.82 Å². The predicted molar refractivity (Wildman–Crippen MR) is 72.5 cm³/mol. The highest BCUT2D eigenvalue weighted by molar-refractivity contribution is 6.33. The number of nitrogen functional groups attached to an aromatic ring is 2. The number of hydrogen-bond acceptors (Lipinski definition) is 4. The highest BCUT2D eigenvalue weighted by atomic mass is 35.5. The summed E-state index contributed by atoms with van der Waals surface area (Å²) in [4.78, 5) is 1.89. The normalized spacial score (nSPS) is 17.2. The monoisotopic (exact) mass is 273 g/mol. The van der Waals surface area contributed by atoms with Crippen LogP contribution in [0.4, 0.5) is 21.5 Å². The van der Waals surface area contributed by atoms with Gasteiger partial charge in [-0.2, -0.15) is 0 Å². The number of nitrogens with zero attached hydrogens (tertiary/aromatic N) is 1. The molecular weight excluding hydrogens is 257 g/mol. The number of piperidine rings is 1. The lowest BCUT2D eigenvalue weighted by molar-refractivity contribution is 0.0818. The zero-order chi connectivity index (χ0) is 13.3. The summed E-state index contributed by atoms with van der Waals surface area (Å²) in [6.45, 7) is 1.39. The molecule has 0 atom stereocenters. The van der Waals surface area contributed by atoms with Crippen molar-refractivity contribution in [2.45, 2.75) is 18.9 Å². The van der Waals surface area contributed by atoms with E-state index in [2.05, 4.69) is 0 Å². The van der Waals surface area contributed by atoms with Gasteiger partial charge in [0.05, 0.1) is 23.2 Å². The molecule has 0 aromatic heterocycles. The van der Waals surface area contributed by atoms with Crippen molar-refractivity contribution >= 4 is 28.7 Å². The number of halogens is 2. The second-order valence-corrected chi connectivity index (χ2v) is 4.83. The third kappa shape index (κ3) is 2.33. The van der Waals surface area contributed by atoms with Gasteiger partial charge in [-0.05, 0) is 18.9 Å². The Morgan fingerprint density at radius 2 is 1.94 bits per heavy atom. The second-order valence-electron chi connectivity index (χ2n) is 4.45. The number of anilines is 3. The Labute approximate surface area is 111 Å². The molecule has 1 heterocycles. The Hall–Kier alpha value is -1.20. The van der Waals surface area contributed by atoms with Gasteiger partial charge < -0.3 is 21.1 Å². The molecule has 0 aliphatic carbocycles. The van der Waals surface area contributed by atoms with Crippen molar-refractivity contribution in [2.75, 3.05) is 36.6 Å². The van der Waals surface area contributed by atoms with Gasteiger partial charge in [-0.15, -0.1) is 0 Å². The number of benzene rings is 1. The van der Waals surface area contributed by atoms with Crippen LogP contribution >= 0.6 is 11.6 Å². The standard InChI is InChI=1S/C12H17ClFN3O/c1-18-7-2-4-17(5-3-7)12-9(16)6-8(15)10(13)11(12)14/h6-7H,2-5,15-16H2,1H3. The van der Waals surface area contributed by atoms with Crippen LogP contribution in [0.25, 0.3) is 0 Å². The highest BCUT2D eigenvalue weighted by Crippen LogP contribution is 2.37. The van der Waals surface area contributed by atoms with Gasteiger partial charge in [-0.3, -0.25) is 0 Å². The minimum atomic E-state index is -0.537. The SMILES string of the molecule is COC1CCN(c2c(N)cc(N)c(Cl)c2F)CC1. The Bertz CT molecular complexity index is 447. The van der Waals surface area contributed by atoms with Crippen LogP contribution in [0.3, 0.4) is 0 Å². The van der Waals surface area contributed by atoms with Crippen molar-refractivity contribution in [3.8, 4) is 0 Å². The molecule has 0 spiro atoms. The average molecular weight is 274 g/mol. The van der Waals surface area contributed by atoms with Gasteiger partial charge in [0.1, 0.15) is 5.02 Å². The average Bonchev–Trinajstić information content (AvgIpc) is 2.37. The van der Waals surface area contributed by atoms with E-state index in [4.69, 9.17) is 27.8 Å². The lowest BCUT2D eigenvalue weighted by Crippen LogP contribution is -2.37. The molecule has 1 aromatic carbocycles. The molecule has 0 radical (unpaired) electrons. The summed E-state index contributed by atoms with van der Waals surface area (Å²) in [5.41, 5.74) is 12.3. The van der Waals surface area contributed by atoms with E-state index >= 15 is 0 Å². The van der Waals surface area contributed by atoms with Crippen molar-refractivity contribution in [1.82, 2.24) is 0 Å². The molecule has 18 heavy (non-hydrogen) atoms. The van der Waals surface area contributed by atoms with Crippen LogP contribution in [0.15, 0.2) is 6.07 Å². The lowest BCUT2D eigenvalue weighted by atomic mass is 10.1. The van der Waals surface area contributed by atoms with Crippen LogP contribution in [0.1, 0.15) is 12.8 Å². The van der Waals surface area contributed by atoms with E-state index in [0.717, 1.165) is 12.8 Å². The van der Waals surface area contributed by atoms with E-state index in [1.807, 2.05) is 4.90 Å². The first kappa shape index (κ1) is 13.2. The summed E-state index contributed by atoms with van der Waals surface area (Å²) < 4.78 is 19.4. The third-order valence-corrected chi connectivity index (χ3v) is 3.71. The predicted octanol–water partition coefficient (Wildman–Crippen LogP) is 2.26. The zero-order valence-corrected chi connectivity index (χ0v) is 11.0. The van der Waals surface area contributed by atoms with E-state index in [1.165, 1.54) is 6.07 Å². The summed E-state index contributed by atoms with van der Waals surface area (Å²) >= 11 is 5.82. The summed E-state index contributed by atoms with van der Waals surface area (Å²) in [6.07, 6.45) is 1.92. The lowest BCUT2D eigenvalue weighted by Gasteiger charge is -2.34. The molecule has 0 bridgehead atoms. The van der Waals surface area contributed by atoms with Gasteiger partial charge in [0, 0.05) is 20.2 Å². The Balaban J connectivity index is 2.27. The number of ether oxygens (including phenoxy) is 1. The summed E-state index contributed by atoms with van der Waals surface area (Å²) in [6, 6.07) is 1.50. The maximum atomic E-state index is 14.1. The van der Waals surface area contributed by atoms with Gasteiger partial charge >= 0.3 is 0 Å². The molecule has 1 fully saturated rings. The summed E-state index contributed by atoms with van der Waals surface area (Å²) in [7, 11) is 1.69. The van der Waals surface area contributed by atoms with Crippen molar-refractivity contribution < 1.29 is 9.13 Å². The molecular formula is C12H17ClFN3O. The van der Waals surface area contributed by atoms with Crippen LogP contribution in [-0.2, 0) is 4.74 Å². The van der Waals surface area contributed by atoms with Gasteiger partial charge in [0.25, 0.3) is 0 Å². The van der Waals surface area contributed by atoms with Crippen LogP contribution in [0.2, 0.25) is 5.02 Å². The molecule has 0 saturated carbocycles. The van der Waals surface area contributed by atoms with E-state index in [0.29, 0.717) is 24.5 Å². The molecule has 1 aliphatic heterocycles. The van der Waals surface area contributed by atoms with E-state index in [9.17, 15) is 4.39 Å². The molecule has 1 aliphatic rings. The number of hydrogen-bond donors (Lipinski definition) is 2. The minimum Gasteiger partial charge on any atom is -0.397 e. The Morgan fingerprint density at radius 3 is 2.50 bits per heavy atom. The number of rotatable bonds is 2. The van der Waals surface area contributed by atoms with Crippen molar-refractivity contribution in [3.05, 3.63) is 16.9 Å². The number of methoxy groups -OCH3 is 1. The number of nitrogens with two attached hydrogens (primary N) is 2. The van der Waals surface area contributed by atoms with Gasteiger partial charge in [-0.25, -0.2) is 4.39 Å². The van der Waals surface area contributed by atoms with Gasteiger partial charge in [-0.1, -0.05) is 11.6 Å². The molecule has 0 amide bonds. The quantitative estimate of drug-likeness (QED) is 0.812. The zero-order valence-electron chi connectivity index (χ0n) is 10.2. The Kier molecular flexibility index (Phi) is 3.82. The maximum absolute atomic E-state index is 14.1. The van der Waals surface area contributed by atoms with Crippen molar-refractivity contribution in [2.24, 2.45) is 0 Å². The largest absolute Gasteiger partial charge is 0.397 e. The van der Waals surface area contributed by atoms with Crippen LogP contribution in [-0.4, -0.2) is 26.3 Å². The molecule has 2 rings (SSSR count). The first-order valence-electron chi connectivity index (χ1n) is 5.85. The minimum absolute atomic E-state index is 0.0620. The topological polar surface area (TPSA) is 64.5 Å². The van der Waals surface area contributed by atoms with Gasteiger partial charge in [0.2, 0.25) is 0 Å². The molecule has 4 nitrogen and oxygen atoms in total. The summed E-state index contributed by atoms with van der Waals surface area (Å²) in [5.74, 6) is -0.537. The van der Waals surface area contributed by atoms with Crippen LogP contribution < -0.4 is 16.4 Å².